The zero-order chi connectivity index (χ0) is 38.2. The maximum atomic E-state index is 14.7. The number of rotatable bonds is 22. The molecule has 3 N–H and O–H groups in total. The fourth-order valence-corrected chi connectivity index (χ4v) is 7.52. The molecular formula is C38H65N5O7S. The Hall–Kier alpha value is -3.06. The molecule has 1 fully saturated rings. The van der Waals surface area contributed by atoms with Crippen molar-refractivity contribution in [2.24, 2.45) is 17.8 Å². The van der Waals surface area contributed by atoms with Crippen LogP contribution in [0.1, 0.15) is 148 Å². The number of likely N-dealkylation sites (N-methyl/N-ethyl adjacent to an activating group) is 1. The summed E-state index contributed by atoms with van der Waals surface area (Å²) in [5.74, 6) is -2.21. The molecule has 1 aliphatic rings. The van der Waals surface area contributed by atoms with Crippen molar-refractivity contribution in [2.75, 3.05) is 20.1 Å². The number of carboxylic acids is 1. The lowest BCUT2D eigenvalue weighted by atomic mass is 9.91. The molecule has 0 bridgehead atoms. The highest BCUT2D eigenvalue weighted by Crippen LogP contribution is 2.32. The third kappa shape index (κ3) is 14.1. The van der Waals surface area contributed by atoms with Crippen LogP contribution in [-0.4, -0.2) is 93.9 Å². The highest BCUT2D eigenvalue weighted by atomic mass is 32.1. The minimum absolute atomic E-state index is 0.0143. The predicted molar refractivity (Wildman–Crippen MR) is 200 cm³/mol. The second kappa shape index (κ2) is 22.1. The topological polar surface area (TPSA) is 158 Å². The smallest absolute Gasteiger partial charge is 0.303 e. The summed E-state index contributed by atoms with van der Waals surface area (Å²) in [5, 5.41) is 17.3. The minimum atomic E-state index is -0.928. The maximum Gasteiger partial charge on any atom is 0.303 e. The number of amides is 3. The maximum absolute atomic E-state index is 14.7. The second-order valence-electron chi connectivity index (χ2n) is 14.9. The number of piperidine rings is 1. The highest BCUT2D eigenvalue weighted by molar-refractivity contribution is 7.09. The van der Waals surface area contributed by atoms with E-state index in [0.29, 0.717) is 24.4 Å². The Kier molecular flexibility index (Phi) is 19.1. The van der Waals surface area contributed by atoms with E-state index in [1.54, 1.807) is 5.38 Å². The zero-order valence-corrected chi connectivity index (χ0v) is 33.4. The van der Waals surface area contributed by atoms with Gasteiger partial charge in [0.25, 0.3) is 5.91 Å². The van der Waals surface area contributed by atoms with E-state index in [-0.39, 0.29) is 66.2 Å². The Labute approximate surface area is 309 Å². The number of thiazole rings is 1. The van der Waals surface area contributed by atoms with Gasteiger partial charge in [-0.3, -0.25) is 28.9 Å². The number of hydrogen-bond acceptors (Lipinski definition) is 9. The van der Waals surface area contributed by atoms with E-state index in [2.05, 4.69) is 27.4 Å². The Morgan fingerprint density at radius 1 is 1.04 bits per heavy atom. The molecule has 3 amide bonds. The third-order valence-electron chi connectivity index (χ3n) is 10.1. The van der Waals surface area contributed by atoms with Gasteiger partial charge in [-0.1, -0.05) is 80.6 Å². The average molecular weight is 736 g/mol. The summed E-state index contributed by atoms with van der Waals surface area (Å²) in [4.78, 5) is 73.8. The van der Waals surface area contributed by atoms with Crippen LogP contribution in [-0.2, 0) is 23.9 Å². The Morgan fingerprint density at radius 3 is 2.31 bits per heavy atom. The molecule has 51 heavy (non-hydrogen) atoms. The summed E-state index contributed by atoms with van der Waals surface area (Å²) in [7, 11) is 1.96. The van der Waals surface area contributed by atoms with Gasteiger partial charge in [-0.15, -0.1) is 11.3 Å². The zero-order valence-electron chi connectivity index (χ0n) is 32.5. The van der Waals surface area contributed by atoms with Crippen LogP contribution in [0.5, 0.6) is 0 Å². The number of carbonyl (C=O) groups excluding carboxylic acids is 4. The van der Waals surface area contributed by atoms with Gasteiger partial charge < -0.3 is 25.4 Å². The number of aromatic nitrogens is 1. The van der Waals surface area contributed by atoms with Gasteiger partial charge in [0.05, 0.1) is 6.04 Å². The van der Waals surface area contributed by atoms with Gasteiger partial charge in [0.1, 0.15) is 16.7 Å². The standard InChI is InChI=1S/C38H65N5O7S/c1-10-12-13-15-21-43(38(49)34(26(7)11-2)41-36(48)30-17-14-16-20-42(30)9)31(25(5)6)22-32(50-27(8)44)37-40-29(23-51-37)35(47)39-28(24(3)4)18-19-33(45)46/h23-26,28,30-32,34H,10-22H2,1-9H3,(H,39,47)(H,41,48)(H,45,46)/t26-,28?,30+,31+,32+,34-/m0/s1. The molecule has 2 rings (SSSR count). The number of carbonyl (C=O) groups is 5. The molecule has 12 nitrogen and oxygen atoms in total. The van der Waals surface area contributed by atoms with Crippen molar-refractivity contribution in [3.05, 3.63) is 16.1 Å². The van der Waals surface area contributed by atoms with Gasteiger partial charge in [0.2, 0.25) is 11.8 Å². The van der Waals surface area contributed by atoms with Crippen LogP contribution in [0.3, 0.4) is 0 Å². The van der Waals surface area contributed by atoms with Gasteiger partial charge in [-0.25, -0.2) is 4.98 Å². The van der Waals surface area contributed by atoms with Crippen LogP contribution in [0.2, 0.25) is 0 Å². The minimum Gasteiger partial charge on any atom is -0.481 e. The fraction of sp³-hybridized carbons (Fsp3) is 0.789. The Bertz CT molecular complexity index is 1270. The first-order valence-corrected chi connectivity index (χ1v) is 19.9. The quantitative estimate of drug-likeness (QED) is 0.0931. The van der Waals surface area contributed by atoms with Crippen molar-refractivity contribution in [1.82, 2.24) is 25.4 Å². The summed E-state index contributed by atoms with van der Waals surface area (Å²) in [5.41, 5.74) is 0.161. The van der Waals surface area contributed by atoms with Gasteiger partial charge >= 0.3 is 11.9 Å². The van der Waals surface area contributed by atoms with Crippen molar-refractivity contribution >= 4 is 41.0 Å². The van der Waals surface area contributed by atoms with Crippen LogP contribution in [0, 0.1) is 17.8 Å². The Balaban J connectivity index is 2.43. The molecule has 1 aromatic rings. The molecule has 0 spiro atoms. The van der Waals surface area contributed by atoms with E-state index in [1.165, 1.54) is 18.3 Å². The molecule has 1 aromatic heterocycles. The molecule has 6 atom stereocenters. The number of nitrogens with one attached hydrogen (secondary N) is 2. The molecule has 13 heteroatoms. The molecule has 1 saturated heterocycles. The van der Waals surface area contributed by atoms with Crippen molar-refractivity contribution in [2.45, 2.75) is 156 Å². The van der Waals surface area contributed by atoms with E-state index < -0.39 is 30.0 Å². The first kappa shape index (κ1) is 44.1. The lowest BCUT2D eigenvalue weighted by Gasteiger charge is -2.40. The predicted octanol–water partition coefficient (Wildman–Crippen LogP) is 6.21. The first-order valence-electron chi connectivity index (χ1n) is 19.1. The normalized spacial score (nSPS) is 18.1. The fourth-order valence-electron chi connectivity index (χ4n) is 6.68. The molecule has 290 valence electrons. The van der Waals surface area contributed by atoms with Crippen molar-refractivity contribution in [3.63, 3.8) is 0 Å². The number of ether oxygens (including phenoxy) is 1. The number of carboxylic acid groups (broad SMARTS) is 1. The van der Waals surface area contributed by atoms with Crippen LogP contribution in [0.4, 0.5) is 0 Å². The number of likely N-dealkylation sites (tertiary alicyclic amines) is 1. The molecule has 1 aliphatic heterocycles. The number of aliphatic carboxylic acids is 1. The van der Waals surface area contributed by atoms with E-state index in [0.717, 1.165) is 51.5 Å². The van der Waals surface area contributed by atoms with Gasteiger partial charge in [0.15, 0.2) is 6.10 Å². The molecular weight excluding hydrogens is 671 g/mol. The number of unbranched alkanes of at least 4 members (excludes halogenated alkanes) is 3. The number of nitrogens with zero attached hydrogens (tertiary/aromatic N) is 3. The lowest BCUT2D eigenvalue weighted by molar-refractivity contribution is -0.149. The van der Waals surface area contributed by atoms with E-state index >= 15 is 0 Å². The number of hydrogen-bond donors (Lipinski definition) is 3. The molecule has 0 radical (unpaired) electrons. The summed E-state index contributed by atoms with van der Waals surface area (Å²) in [6.45, 7) is 16.8. The number of esters is 1. The van der Waals surface area contributed by atoms with Crippen LogP contribution in [0.25, 0.3) is 0 Å². The van der Waals surface area contributed by atoms with Gasteiger partial charge in [-0.2, -0.15) is 0 Å². The summed E-state index contributed by atoms with van der Waals surface area (Å²) in [6.07, 6.45) is 7.03. The van der Waals surface area contributed by atoms with Crippen LogP contribution >= 0.6 is 11.3 Å². The van der Waals surface area contributed by atoms with Crippen LogP contribution < -0.4 is 10.6 Å². The van der Waals surface area contributed by atoms with Crippen molar-refractivity contribution < 1.29 is 33.8 Å². The summed E-state index contributed by atoms with van der Waals surface area (Å²) in [6, 6.07) is -1.68. The molecule has 1 unspecified atom stereocenters. The van der Waals surface area contributed by atoms with Crippen LogP contribution in [0.15, 0.2) is 5.38 Å². The van der Waals surface area contributed by atoms with Gasteiger partial charge in [0, 0.05) is 43.8 Å². The van der Waals surface area contributed by atoms with E-state index in [9.17, 15) is 24.0 Å². The molecule has 0 aromatic carbocycles. The molecule has 0 saturated carbocycles. The lowest BCUT2D eigenvalue weighted by Crippen LogP contribution is -2.59. The molecule has 0 aliphatic carbocycles. The third-order valence-corrected chi connectivity index (χ3v) is 11.1. The highest BCUT2D eigenvalue weighted by Gasteiger charge is 2.38. The Morgan fingerprint density at radius 2 is 1.75 bits per heavy atom. The monoisotopic (exact) mass is 735 g/mol. The van der Waals surface area contributed by atoms with E-state index in [4.69, 9.17) is 9.84 Å². The van der Waals surface area contributed by atoms with Gasteiger partial charge in [-0.05, 0) is 57.0 Å². The SMILES string of the molecule is CCCCCCN(C(=O)[C@@H](NC(=O)[C@H]1CCCCN1C)[C@@H](C)CC)[C@H](C[C@@H](OC(C)=O)c1nc(C(=O)NC(CCC(=O)O)C(C)C)cs1)C(C)C. The largest absolute Gasteiger partial charge is 0.481 e. The van der Waals surface area contributed by atoms with Crippen molar-refractivity contribution in [3.8, 4) is 0 Å². The summed E-state index contributed by atoms with van der Waals surface area (Å²) < 4.78 is 5.85. The summed E-state index contributed by atoms with van der Waals surface area (Å²) >= 11 is 1.21. The molecule has 2 heterocycles. The van der Waals surface area contributed by atoms with Crippen molar-refractivity contribution in [1.29, 1.82) is 0 Å². The van der Waals surface area contributed by atoms with E-state index in [1.807, 2.05) is 53.5 Å². The second-order valence-corrected chi connectivity index (χ2v) is 15.8. The first-order chi connectivity index (χ1) is 24.1. The average Bonchev–Trinajstić information content (AvgIpc) is 3.57.